The Bertz CT molecular complexity index is 768. The van der Waals surface area contributed by atoms with E-state index in [1.54, 1.807) is 11.1 Å². The predicted octanol–water partition coefficient (Wildman–Crippen LogP) is 1.79. The number of hydrogen-bond donors (Lipinski definition) is 0. The number of carbonyl (C=O) groups is 1. The third-order valence-electron chi connectivity index (χ3n) is 4.80. The van der Waals surface area contributed by atoms with E-state index in [1.165, 1.54) is 5.56 Å². The molecule has 1 atom stereocenters. The largest absolute Gasteiger partial charge is 0.375 e. The topological polar surface area (TPSA) is 61.8 Å². The first kappa shape index (κ1) is 20.2. The van der Waals surface area contributed by atoms with E-state index < -0.39 is 0 Å². The summed E-state index contributed by atoms with van der Waals surface area (Å²) in [7, 11) is 5.61. The Morgan fingerprint density at radius 2 is 2.00 bits per heavy atom. The van der Waals surface area contributed by atoms with Crippen molar-refractivity contribution in [2.45, 2.75) is 25.6 Å². The molecule has 2 heterocycles. The Morgan fingerprint density at radius 3 is 2.75 bits per heavy atom. The first-order valence-electron chi connectivity index (χ1n) is 9.62. The van der Waals surface area contributed by atoms with Gasteiger partial charge < -0.3 is 14.5 Å². The minimum Gasteiger partial charge on any atom is -0.375 e. The molecule has 3 rings (SSSR count). The van der Waals surface area contributed by atoms with Crippen molar-refractivity contribution in [3.8, 4) is 0 Å². The summed E-state index contributed by atoms with van der Waals surface area (Å²) >= 11 is 0. The van der Waals surface area contributed by atoms with E-state index in [-0.39, 0.29) is 12.0 Å². The van der Waals surface area contributed by atoms with Gasteiger partial charge in [0, 0.05) is 47.0 Å². The fourth-order valence-corrected chi connectivity index (χ4v) is 3.26. The van der Waals surface area contributed by atoms with Crippen LogP contribution in [0.3, 0.4) is 0 Å². The molecule has 2 aromatic rings. The van der Waals surface area contributed by atoms with Crippen molar-refractivity contribution in [2.75, 3.05) is 45.7 Å². The summed E-state index contributed by atoms with van der Waals surface area (Å²) in [4.78, 5) is 27.3. The third-order valence-corrected chi connectivity index (χ3v) is 4.80. The van der Waals surface area contributed by atoms with Crippen molar-refractivity contribution in [1.82, 2.24) is 19.8 Å². The highest BCUT2D eigenvalue weighted by Crippen LogP contribution is 2.14. The molecule has 0 aliphatic carbocycles. The average Bonchev–Trinajstić information content (AvgIpc) is 2.69. The van der Waals surface area contributed by atoms with Crippen LogP contribution >= 0.6 is 0 Å². The maximum atomic E-state index is 12.7. The summed E-state index contributed by atoms with van der Waals surface area (Å²) in [5.74, 6) is 0.710. The molecule has 1 aliphatic rings. The number of morpholine rings is 1. The Hall–Kier alpha value is -2.51. The van der Waals surface area contributed by atoms with Gasteiger partial charge in [0.05, 0.1) is 31.4 Å². The minimum atomic E-state index is -0.0739. The number of benzene rings is 1. The quantitative estimate of drug-likeness (QED) is 0.727. The van der Waals surface area contributed by atoms with Crippen molar-refractivity contribution in [1.29, 1.82) is 0 Å². The zero-order valence-electron chi connectivity index (χ0n) is 16.9. The van der Waals surface area contributed by atoms with Crippen LogP contribution in [0.5, 0.6) is 0 Å². The van der Waals surface area contributed by atoms with Crippen LogP contribution in [0.25, 0.3) is 0 Å². The number of aromatic nitrogens is 2. The summed E-state index contributed by atoms with van der Waals surface area (Å²) < 4.78 is 5.85. The van der Waals surface area contributed by atoms with Crippen LogP contribution in [-0.4, -0.2) is 72.6 Å². The molecule has 0 radical (unpaired) electrons. The van der Waals surface area contributed by atoms with Gasteiger partial charge in [-0.15, -0.1) is 0 Å². The number of nitrogens with zero attached hydrogens (tertiary/aromatic N) is 5. The van der Waals surface area contributed by atoms with Crippen LogP contribution in [0.2, 0.25) is 0 Å². The molecule has 1 aromatic carbocycles. The minimum absolute atomic E-state index is 0.0663. The molecule has 7 heteroatoms. The van der Waals surface area contributed by atoms with Crippen LogP contribution in [-0.2, 0) is 22.6 Å². The van der Waals surface area contributed by atoms with E-state index in [0.717, 1.165) is 25.3 Å². The summed E-state index contributed by atoms with van der Waals surface area (Å²) in [5.41, 5.74) is 2.11. The first-order valence-corrected chi connectivity index (χ1v) is 9.62. The van der Waals surface area contributed by atoms with Crippen molar-refractivity contribution in [3.63, 3.8) is 0 Å². The van der Waals surface area contributed by atoms with Crippen LogP contribution in [0, 0.1) is 0 Å². The Labute approximate surface area is 166 Å². The molecule has 0 bridgehead atoms. The maximum Gasteiger partial charge on any atom is 0.225 e. The molecule has 1 aromatic heterocycles. The lowest BCUT2D eigenvalue weighted by Gasteiger charge is -2.33. The van der Waals surface area contributed by atoms with Gasteiger partial charge in [-0.3, -0.25) is 9.69 Å². The van der Waals surface area contributed by atoms with Gasteiger partial charge in [0.2, 0.25) is 11.9 Å². The van der Waals surface area contributed by atoms with E-state index in [2.05, 4.69) is 39.1 Å². The van der Waals surface area contributed by atoms with E-state index in [9.17, 15) is 4.79 Å². The summed E-state index contributed by atoms with van der Waals surface area (Å²) in [6, 6.07) is 12.2. The normalized spacial score (nSPS) is 17.3. The van der Waals surface area contributed by atoms with E-state index in [0.29, 0.717) is 25.5 Å². The maximum absolute atomic E-state index is 12.7. The molecular weight excluding hydrogens is 354 g/mol. The molecule has 28 heavy (non-hydrogen) atoms. The second kappa shape index (κ2) is 9.61. The SMILES string of the molecule is CN(Cc1ccnc(N(C)C)n1)C(=O)C[C@H]1CN(Cc2ccccc2)CCO1. The van der Waals surface area contributed by atoms with Gasteiger partial charge in [0.1, 0.15) is 0 Å². The summed E-state index contributed by atoms with van der Waals surface area (Å²) in [6.07, 6.45) is 2.03. The van der Waals surface area contributed by atoms with Gasteiger partial charge in [0.25, 0.3) is 0 Å². The zero-order chi connectivity index (χ0) is 19.9. The Balaban J connectivity index is 1.51. The molecule has 7 nitrogen and oxygen atoms in total. The lowest BCUT2D eigenvalue weighted by molar-refractivity contribution is -0.135. The van der Waals surface area contributed by atoms with Gasteiger partial charge in [-0.2, -0.15) is 0 Å². The van der Waals surface area contributed by atoms with Crippen molar-refractivity contribution < 1.29 is 9.53 Å². The highest BCUT2D eigenvalue weighted by molar-refractivity contribution is 5.76. The van der Waals surface area contributed by atoms with Crippen LogP contribution in [0.4, 0.5) is 5.95 Å². The van der Waals surface area contributed by atoms with Gasteiger partial charge in [-0.1, -0.05) is 30.3 Å². The molecule has 0 saturated carbocycles. The number of anilines is 1. The van der Waals surface area contributed by atoms with Gasteiger partial charge >= 0.3 is 0 Å². The molecule has 1 aliphatic heterocycles. The summed E-state index contributed by atoms with van der Waals surface area (Å²) in [6.45, 7) is 3.67. The second-order valence-electron chi connectivity index (χ2n) is 7.41. The first-order chi connectivity index (χ1) is 13.5. The summed E-state index contributed by atoms with van der Waals surface area (Å²) in [5, 5.41) is 0. The van der Waals surface area contributed by atoms with Gasteiger partial charge in [-0.05, 0) is 11.6 Å². The number of rotatable bonds is 7. The monoisotopic (exact) mass is 383 g/mol. The number of hydrogen-bond acceptors (Lipinski definition) is 6. The Kier molecular flexibility index (Phi) is 6.95. The molecule has 1 amide bonds. The average molecular weight is 383 g/mol. The smallest absolute Gasteiger partial charge is 0.225 e. The zero-order valence-corrected chi connectivity index (χ0v) is 16.9. The Morgan fingerprint density at radius 1 is 1.21 bits per heavy atom. The molecule has 1 saturated heterocycles. The molecule has 0 spiro atoms. The molecule has 1 fully saturated rings. The second-order valence-corrected chi connectivity index (χ2v) is 7.41. The van der Waals surface area contributed by atoms with Crippen LogP contribution < -0.4 is 4.90 Å². The van der Waals surface area contributed by atoms with Crippen molar-refractivity contribution in [3.05, 3.63) is 53.9 Å². The third kappa shape index (κ3) is 5.74. The van der Waals surface area contributed by atoms with Crippen LogP contribution in [0.1, 0.15) is 17.7 Å². The van der Waals surface area contributed by atoms with E-state index in [1.807, 2.05) is 38.2 Å². The molecule has 150 valence electrons. The van der Waals surface area contributed by atoms with E-state index >= 15 is 0 Å². The lowest BCUT2D eigenvalue weighted by atomic mass is 10.1. The van der Waals surface area contributed by atoms with Crippen molar-refractivity contribution in [2.24, 2.45) is 0 Å². The highest BCUT2D eigenvalue weighted by Gasteiger charge is 2.24. The number of carbonyl (C=O) groups excluding carboxylic acids is 1. The van der Waals surface area contributed by atoms with Gasteiger partial charge in [0.15, 0.2) is 0 Å². The fourth-order valence-electron chi connectivity index (χ4n) is 3.26. The predicted molar refractivity (Wildman–Crippen MR) is 109 cm³/mol. The molecule has 0 unspecified atom stereocenters. The standard InChI is InChI=1S/C21H29N5O2/c1-24(2)21-22-10-9-18(23-21)15-25(3)20(27)13-19-16-26(11-12-28-19)14-17-7-5-4-6-8-17/h4-10,19H,11-16H2,1-3H3/t19-/m0/s1. The fraction of sp³-hybridized carbons (Fsp3) is 0.476. The molecule has 0 N–H and O–H groups in total. The highest BCUT2D eigenvalue weighted by atomic mass is 16.5. The number of amides is 1. The van der Waals surface area contributed by atoms with Crippen LogP contribution in [0.15, 0.2) is 42.6 Å². The number of ether oxygens (including phenoxy) is 1. The van der Waals surface area contributed by atoms with Gasteiger partial charge in [-0.25, -0.2) is 9.97 Å². The van der Waals surface area contributed by atoms with E-state index in [4.69, 9.17) is 4.74 Å². The molecular formula is C21H29N5O2. The van der Waals surface area contributed by atoms with Crippen molar-refractivity contribution >= 4 is 11.9 Å². The lowest BCUT2D eigenvalue weighted by Crippen LogP contribution is -2.44.